The van der Waals surface area contributed by atoms with Gasteiger partial charge in [-0.05, 0) is 17.2 Å². The Morgan fingerprint density at radius 2 is 1.73 bits per heavy atom. The number of nitrogens with zero attached hydrogens (tertiary/aromatic N) is 2. The largest absolute Gasteiger partial charge is 0.437 e. The molecule has 0 saturated carbocycles. The molecule has 0 N–H and O–H groups in total. The Hall–Kier alpha value is -2.79. The number of carbonyl (C=O) groups is 1. The summed E-state index contributed by atoms with van der Waals surface area (Å²) in [6.07, 6.45) is 0. The highest BCUT2D eigenvalue weighted by molar-refractivity contribution is 6.00. The third kappa shape index (κ3) is 1.25. The molecule has 1 unspecified atom stereocenters. The molecule has 5 rings (SSSR count). The lowest BCUT2D eigenvalue weighted by Crippen LogP contribution is -2.36. The van der Waals surface area contributed by atoms with Gasteiger partial charge >= 0.3 is 5.91 Å². The van der Waals surface area contributed by atoms with Crippen LogP contribution in [0.2, 0.25) is 0 Å². The number of carbonyl (C=O) groups excluding carboxylic acids is 1. The Morgan fingerprint density at radius 1 is 0.955 bits per heavy atom. The summed E-state index contributed by atoms with van der Waals surface area (Å²) in [5.41, 5.74) is 2.24. The van der Waals surface area contributed by atoms with Crippen LogP contribution < -0.4 is 4.74 Å². The Morgan fingerprint density at radius 3 is 2.64 bits per heavy atom. The van der Waals surface area contributed by atoms with Crippen molar-refractivity contribution in [1.82, 2.24) is 0 Å². The molecule has 0 fully saturated rings. The van der Waals surface area contributed by atoms with Gasteiger partial charge in [0.25, 0.3) is 5.88 Å². The zero-order chi connectivity index (χ0) is 14.7. The number of fused-ring (bicyclic) bond motifs is 5. The van der Waals surface area contributed by atoms with E-state index >= 15 is 0 Å². The van der Waals surface area contributed by atoms with Crippen LogP contribution in [0, 0.1) is 0 Å². The van der Waals surface area contributed by atoms with Gasteiger partial charge in [0, 0.05) is 5.56 Å². The van der Waals surface area contributed by atoms with Crippen LogP contribution in [0.4, 0.5) is 0 Å². The molecule has 1 spiro atoms. The highest BCUT2D eigenvalue weighted by Crippen LogP contribution is 2.54. The van der Waals surface area contributed by atoms with Crippen molar-refractivity contribution in [2.45, 2.75) is 12.2 Å². The normalized spacial score (nSPS) is 24.3. The minimum Gasteiger partial charge on any atom is -0.437 e. The second-order valence-electron chi connectivity index (χ2n) is 5.41. The van der Waals surface area contributed by atoms with E-state index in [0.29, 0.717) is 17.9 Å². The first-order valence-corrected chi connectivity index (χ1v) is 7.01. The molecule has 0 radical (unpaired) electrons. The molecule has 0 aromatic heterocycles. The van der Waals surface area contributed by atoms with Crippen LogP contribution in [-0.4, -0.2) is 5.91 Å². The SMILES string of the molecule is O=C1N=NC2=C1C1(OCc3ccccc31)c1ccccc1O2. The van der Waals surface area contributed by atoms with Crippen molar-refractivity contribution in [1.29, 1.82) is 0 Å². The fraction of sp³-hybridized carbons (Fsp3) is 0.118. The maximum Gasteiger partial charge on any atom is 0.300 e. The minimum absolute atomic E-state index is 0.236. The average Bonchev–Trinajstić information content (AvgIpc) is 3.11. The Labute approximate surface area is 125 Å². The van der Waals surface area contributed by atoms with E-state index in [1.54, 1.807) is 0 Å². The molecule has 3 aliphatic rings. The van der Waals surface area contributed by atoms with E-state index < -0.39 is 11.5 Å². The lowest BCUT2D eigenvalue weighted by atomic mass is 9.78. The molecule has 3 aliphatic heterocycles. The maximum atomic E-state index is 12.3. The van der Waals surface area contributed by atoms with Crippen molar-refractivity contribution in [3.05, 3.63) is 76.7 Å². The predicted octanol–water partition coefficient (Wildman–Crippen LogP) is 3.06. The maximum absolute atomic E-state index is 12.3. The van der Waals surface area contributed by atoms with E-state index in [2.05, 4.69) is 10.2 Å². The fourth-order valence-corrected chi connectivity index (χ4v) is 3.42. The lowest BCUT2D eigenvalue weighted by Gasteiger charge is -2.34. The molecular weight excluding hydrogens is 280 g/mol. The van der Waals surface area contributed by atoms with Crippen LogP contribution in [0.5, 0.6) is 5.75 Å². The van der Waals surface area contributed by atoms with E-state index in [9.17, 15) is 4.79 Å². The molecule has 22 heavy (non-hydrogen) atoms. The van der Waals surface area contributed by atoms with Crippen molar-refractivity contribution in [2.75, 3.05) is 0 Å². The van der Waals surface area contributed by atoms with Gasteiger partial charge in [0.15, 0.2) is 5.60 Å². The molecule has 1 amide bonds. The molecule has 2 aromatic rings. The van der Waals surface area contributed by atoms with E-state index in [1.807, 2.05) is 48.5 Å². The van der Waals surface area contributed by atoms with Gasteiger partial charge in [0.05, 0.1) is 6.61 Å². The van der Waals surface area contributed by atoms with Crippen LogP contribution in [0.1, 0.15) is 16.7 Å². The minimum atomic E-state index is -0.971. The molecule has 3 heterocycles. The van der Waals surface area contributed by atoms with Crippen molar-refractivity contribution >= 4 is 5.91 Å². The number of hydrogen-bond donors (Lipinski definition) is 0. The quantitative estimate of drug-likeness (QED) is 0.749. The summed E-state index contributed by atoms with van der Waals surface area (Å²) in [5, 5.41) is 7.54. The zero-order valence-corrected chi connectivity index (χ0v) is 11.4. The van der Waals surface area contributed by atoms with Crippen LogP contribution in [0.15, 0.2) is 70.2 Å². The van der Waals surface area contributed by atoms with E-state index in [1.165, 1.54) is 0 Å². The number of rotatable bonds is 0. The van der Waals surface area contributed by atoms with E-state index in [-0.39, 0.29) is 5.88 Å². The van der Waals surface area contributed by atoms with Crippen LogP contribution in [0.3, 0.4) is 0 Å². The summed E-state index contributed by atoms with van der Waals surface area (Å²) in [6.45, 7) is 0.439. The standard InChI is InChI=1S/C17H10N2O3/c20-15-14-16(19-18-15)22-13-8-4-3-7-12(13)17(14)11-6-2-1-5-10(11)9-21-17/h1-8H,9H2. The topological polar surface area (TPSA) is 60.2 Å². The summed E-state index contributed by atoms with van der Waals surface area (Å²) in [6, 6.07) is 15.5. The summed E-state index contributed by atoms with van der Waals surface area (Å²) in [5.74, 6) is 0.480. The molecule has 1 atom stereocenters. The first-order valence-electron chi connectivity index (χ1n) is 7.01. The Bertz CT molecular complexity index is 900. The monoisotopic (exact) mass is 290 g/mol. The molecular formula is C17H10N2O3. The molecule has 5 nitrogen and oxygen atoms in total. The van der Waals surface area contributed by atoms with Crippen LogP contribution in [-0.2, 0) is 21.7 Å². The van der Waals surface area contributed by atoms with Gasteiger partial charge < -0.3 is 9.47 Å². The van der Waals surface area contributed by atoms with Crippen molar-refractivity contribution < 1.29 is 14.3 Å². The van der Waals surface area contributed by atoms with Gasteiger partial charge in [-0.1, -0.05) is 42.5 Å². The number of hydrogen-bond acceptors (Lipinski definition) is 4. The van der Waals surface area contributed by atoms with Gasteiger partial charge in [-0.2, -0.15) is 0 Å². The molecule has 0 saturated heterocycles. The first-order chi connectivity index (χ1) is 10.8. The number of azo groups is 1. The number of ether oxygens (including phenoxy) is 2. The summed E-state index contributed by atoms with van der Waals surface area (Å²) in [4.78, 5) is 12.3. The van der Waals surface area contributed by atoms with Gasteiger partial charge in [0.2, 0.25) is 0 Å². The second kappa shape index (κ2) is 3.90. The van der Waals surface area contributed by atoms with Gasteiger partial charge in [-0.25, -0.2) is 0 Å². The third-order valence-corrected chi connectivity index (χ3v) is 4.33. The highest BCUT2D eigenvalue weighted by atomic mass is 16.5. The fourth-order valence-electron chi connectivity index (χ4n) is 3.42. The Balaban J connectivity index is 1.89. The zero-order valence-electron chi connectivity index (χ0n) is 11.4. The van der Waals surface area contributed by atoms with Gasteiger partial charge in [-0.15, -0.1) is 10.2 Å². The molecule has 106 valence electrons. The van der Waals surface area contributed by atoms with E-state index in [0.717, 1.165) is 16.7 Å². The molecule has 2 aromatic carbocycles. The third-order valence-electron chi connectivity index (χ3n) is 4.33. The van der Waals surface area contributed by atoms with Gasteiger partial charge in [-0.3, -0.25) is 4.79 Å². The number of para-hydroxylation sites is 1. The predicted molar refractivity (Wildman–Crippen MR) is 76.0 cm³/mol. The summed E-state index contributed by atoms with van der Waals surface area (Å²) < 4.78 is 11.9. The molecule has 5 heteroatoms. The van der Waals surface area contributed by atoms with Crippen molar-refractivity contribution in [3.63, 3.8) is 0 Å². The molecule has 0 bridgehead atoms. The van der Waals surface area contributed by atoms with Crippen molar-refractivity contribution in [3.8, 4) is 5.75 Å². The lowest BCUT2D eigenvalue weighted by molar-refractivity contribution is -0.117. The number of benzene rings is 2. The first kappa shape index (κ1) is 11.8. The summed E-state index contributed by atoms with van der Waals surface area (Å²) in [7, 11) is 0. The van der Waals surface area contributed by atoms with E-state index in [4.69, 9.17) is 9.47 Å². The smallest absolute Gasteiger partial charge is 0.300 e. The molecule has 0 aliphatic carbocycles. The number of amides is 1. The van der Waals surface area contributed by atoms with Crippen molar-refractivity contribution in [2.24, 2.45) is 10.2 Å². The average molecular weight is 290 g/mol. The van der Waals surface area contributed by atoms with Crippen LogP contribution >= 0.6 is 0 Å². The van der Waals surface area contributed by atoms with Gasteiger partial charge in [0.1, 0.15) is 11.3 Å². The summed E-state index contributed by atoms with van der Waals surface area (Å²) >= 11 is 0. The highest BCUT2D eigenvalue weighted by Gasteiger charge is 2.55. The Kier molecular flexibility index (Phi) is 2.09. The second-order valence-corrected chi connectivity index (χ2v) is 5.41. The van der Waals surface area contributed by atoms with Crippen LogP contribution in [0.25, 0.3) is 0 Å².